The van der Waals surface area contributed by atoms with Crippen molar-refractivity contribution in [3.63, 3.8) is 0 Å². The van der Waals surface area contributed by atoms with E-state index in [1.807, 2.05) is 19.1 Å². The molecule has 0 spiro atoms. The highest BCUT2D eigenvalue weighted by atomic mass is 14.5. The molecule has 0 atom stereocenters. The van der Waals surface area contributed by atoms with Crippen LogP contribution in [0.25, 0.3) is 16.3 Å². The van der Waals surface area contributed by atoms with Crippen LogP contribution in [0.4, 0.5) is 0 Å². The highest BCUT2D eigenvalue weighted by Crippen LogP contribution is 2.22. The first kappa shape index (κ1) is 11.5. The van der Waals surface area contributed by atoms with Crippen LogP contribution in [0.2, 0.25) is 0 Å². The largest absolute Gasteiger partial charge is 0.404 e. The second kappa shape index (κ2) is 4.88. The molecule has 0 unspecified atom stereocenters. The van der Waals surface area contributed by atoms with Crippen LogP contribution >= 0.6 is 0 Å². The predicted molar refractivity (Wildman–Crippen MR) is 75.7 cm³/mol. The first-order valence-corrected chi connectivity index (χ1v) is 5.80. The molecule has 2 N–H and O–H groups in total. The third-order valence-electron chi connectivity index (χ3n) is 2.85. The summed E-state index contributed by atoms with van der Waals surface area (Å²) in [5.41, 5.74) is 9.14. The Kier molecular flexibility index (Phi) is 3.29. The van der Waals surface area contributed by atoms with Crippen LogP contribution in [0.3, 0.4) is 0 Å². The molecule has 0 radical (unpaired) electrons. The SMILES string of the molecule is C/C=C\C(=C/N)c1ccc2cc(C)ccc2c1. The third-order valence-corrected chi connectivity index (χ3v) is 2.85. The highest BCUT2D eigenvalue weighted by Gasteiger charge is 1.99. The number of fused-ring (bicyclic) bond motifs is 1. The molecule has 0 aliphatic rings. The normalized spacial score (nSPS) is 12.5. The van der Waals surface area contributed by atoms with E-state index in [2.05, 4.69) is 43.3 Å². The summed E-state index contributed by atoms with van der Waals surface area (Å²) in [6.07, 6.45) is 5.67. The van der Waals surface area contributed by atoms with Gasteiger partial charge in [0.1, 0.15) is 0 Å². The summed E-state index contributed by atoms with van der Waals surface area (Å²) < 4.78 is 0. The third kappa shape index (κ3) is 2.39. The topological polar surface area (TPSA) is 26.0 Å². The molecule has 0 saturated heterocycles. The lowest BCUT2D eigenvalue weighted by molar-refractivity contribution is 1.50. The molecule has 1 heteroatoms. The Morgan fingerprint density at radius 2 is 1.76 bits per heavy atom. The van der Waals surface area contributed by atoms with E-state index in [1.54, 1.807) is 6.20 Å². The lowest BCUT2D eigenvalue weighted by atomic mass is 10.0. The molecule has 0 amide bonds. The van der Waals surface area contributed by atoms with Gasteiger partial charge in [0.15, 0.2) is 0 Å². The average Bonchev–Trinajstić information content (AvgIpc) is 2.35. The van der Waals surface area contributed by atoms with Gasteiger partial charge in [0.25, 0.3) is 0 Å². The van der Waals surface area contributed by atoms with Crippen molar-refractivity contribution in [1.29, 1.82) is 0 Å². The molecule has 17 heavy (non-hydrogen) atoms. The van der Waals surface area contributed by atoms with Crippen molar-refractivity contribution in [2.24, 2.45) is 5.73 Å². The maximum Gasteiger partial charge on any atom is 0.00174 e. The fraction of sp³-hybridized carbons (Fsp3) is 0.125. The molecule has 0 aliphatic heterocycles. The predicted octanol–water partition coefficient (Wildman–Crippen LogP) is 4.02. The minimum atomic E-state index is 1.05. The molecule has 0 heterocycles. The first-order valence-electron chi connectivity index (χ1n) is 5.80. The fourth-order valence-corrected chi connectivity index (χ4v) is 1.97. The molecule has 2 rings (SSSR count). The van der Waals surface area contributed by atoms with Gasteiger partial charge >= 0.3 is 0 Å². The average molecular weight is 223 g/mol. The van der Waals surface area contributed by atoms with Crippen LogP contribution in [-0.4, -0.2) is 0 Å². The quantitative estimate of drug-likeness (QED) is 0.764. The maximum absolute atomic E-state index is 5.65. The summed E-state index contributed by atoms with van der Waals surface area (Å²) in [6, 6.07) is 12.9. The van der Waals surface area contributed by atoms with Crippen molar-refractivity contribution in [2.45, 2.75) is 13.8 Å². The number of hydrogen-bond acceptors (Lipinski definition) is 1. The molecule has 0 aliphatic carbocycles. The lowest BCUT2D eigenvalue weighted by Crippen LogP contribution is -1.87. The van der Waals surface area contributed by atoms with Crippen LogP contribution in [0.1, 0.15) is 18.1 Å². The Balaban J connectivity index is 2.55. The van der Waals surface area contributed by atoms with Crippen molar-refractivity contribution in [3.05, 3.63) is 65.9 Å². The van der Waals surface area contributed by atoms with Gasteiger partial charge in [0, 0.05) is 6.20 Å². The van der Waals surface area contributed by atoms with Crippen molar-refractivity contribution >= 4 is 16.3 Å². The number of benzene rings is 2. The standard InChI is InChI=1S/C16H17N/c1-3-4-16(11-17)15-8-7-13-9-12(2)5-6-14(13)10-15/h3-11H,17H2,1-2H3/b4-3-,16-11+. The van der Waals surface area contributed by atoms with Crippen LogP contribution in [-0.2, 0) is 0 Å². The Morgan fingerprint density at radius 1 is 1.06 bits per heavy atom. The van der Waals surface area contributed by atoms with E-state index in [4.69, 9.17) is 5.73 Å². The summed E-state index contributed by atoms with van der Waals surface area (Å²) in [5.74, 6) is 0. The number of aryl methyl sites for hydroxylation is 1. The molecule has 0 saturated carbocycles. The second-order valence-electron chi connectivity index (χ2n) is 4.19. The molecule has 2 aromatic carbocycles. The van der Waals surface area contributed by atoms with E-state index in [9.17, 15) is 0 Å². The van der Waals surface area contributed by atoms with Gasteiger partial charge in [-0.05, 0) is 41.8 Å². The van der Waals surface area contributed by atoms with E-state index in [-0.39, 0.29) is 0 Å². The van der Waals surface area contributed by atoms with Crippen LogP contribution in [0.5, 0.6) is 0 Å². The van der Waals surface area contributed by atoms with Crippen molar-refractivity contribution in [3.8, 4) is 0 Å². The molecule has 1 nitrogen and oxygen atoms in total. The summed E-state index contributed by atoms with van der Waals surface area (Å²) in [7, 11) is 0. The second-order valence-corrected chi connectivity index (χ2v) is 4.19. The zero-order valence-electron chi connectivity index (χ0n) is 10.3. The van der Waals surface area contributed by atoms with E-state index >= 15 is 0 Å². The highest BCUT2D eigenvalue weighted by molar-refractivity contribution is 5.88. The van der Waals surface area contributed by atoms with Gasteiger partial charge in [0.2, 0.25) is 0 Å². The number of allylic oxidation sites excluding steroid dienone is 3. The molecule has 2 aromatic rings. The molecular formula is C16H17N. The van der Waals surface area contributed by atoms with Gasteiger partial charge < -0.3 is 5.73 Å². The molecule has 86 valence electrons. The Labute approximate surface area is 102 Å². The lowest BCUT2D eigenvalue weighted by Gasteiger charge is -2.05. The number of hydrogen-bond donors (Lipinski definition) is 1. The molecule has 0 fully saturated rings. The van der Waals surface area contributed by atoms with Crippen LogP contribution in [0.15, 0.2) is 54.8 Å². The van der Waals surface area contributed by atoms with E-state index in [0.29, 0.717) is 0 Å². The summed E-state index contributed by atoms with van der Waals surface area (Å²) in [4.78, 5) is 0. The molecule has 0 aromatic heterocycles. The van der Waals surface area contributed by atoms with Crippen LogP contribution in [0, 0.1) is 6.92 Å². The first-order chi connectivity index (χ1) is 8.24. The van der Waals surface area contributed by atoms with Crippen molar-refractivity contribution in [2.75, 3.05) is 0 Å². The van der Waals surface area contributed by atoms with Gasteiger partial charge in [-0.15, -0.1) is 0 Å². The summed E-state index contributed by atoms with van der Waals surface area (Å²) >= 11 is 0. The van der Waals surface area contributed by atoms with Gasteiger partial charge in [-0.25, -0.2) is 0 Å². The van der Waals surface area contributed by atoms with Crippen molar-refractivity contribution < 1.29 is 0 Å². The van der Waals surface area contributed by atoms with Gasteiger partial charge in [0.05, 0.1) is 0 Å². The minimum absolute atomic E-state index is 1.05. The number of rotatable bonds is 2. The monoisotopic (exact) mass is 223 g/mol. The van der Waals surface area contributed by atoms with Gasteiger partial charge in [-0.1, -0.05) is 48.0 Å². The Bertz CT molecular complexity index is 591. The van der Waals surface area contributed by atoms with E-state index < -0.39 is 0 Å². The van der Waals surface area contributed by atoms with E-state index in [0.717, 1.165) is 11.1 Å². The smallest absolute Gasteiger partial charge is 0.00174 e. The zero-order valence-corrected chi connectivity index (χ0v) is 10.3. The van der Waals surface area contributed by atoms with Gasteiger partial charge in [-0.2, -0.15) is 0 Å². The molecular weight excluding hydrogens is 206 g/mol. The summed E-state index contributed by atoms with van der Waals surface area (Å²) in [5, 5.41) is 2.52. The van der Waals surface area contributed by atoms with E-state index in [1.165, 1.54) is 16.3 Å². The molecule has 0 bridgehead atoms. The number of nitrogens with two attached hydrogens (primary N) is 1. The fourth-order valence-electron chi connectivity index (χ4n) is 1.97. The zero-order chi connectivity index (χ0) is 12.3. The van der Waals surface area contributed by atoms with Crippen LogP contribution < -0.4 is 5.73 Å². The Hall–Kier alpha value is -2.02. The summed E-state index contributed by atoms with van der Waals surface area (Å²) in [6.45, 7) is 4.10. The van der Waals surface area contributed by atoms with Crippen molar-refractivity contribution in [1.82, 2.24) is 0 Å². The minimum Gasteiger partial charge on any atom is -0.404 e. The van der Waals surface area contributed by atoms with Gasteiger partial charge in [-0.3, -0.25) is 0 Å². The maximum atomic E-state index is 5.65. The Morgan fingerprint density at radius 3 is 2.47 bits per heavy atom.